The van der Waals surface area contributed by atoms with Crippen LogP contribution in [-0.2, 0) is 28.5 Å². The molecule has 0 amide bonds. The second-order valence-electron chi connectivity index (χ2n) is 6.71. The minimum atomic E-state index is -3.34. The number of aliphatic hydroxyl groups is 1. The lowest BCUT2D eigenvalue weighted by Crippen LogP contribution is -2.35. The number of benzene rings is 1. The highest BCUT2D eigenvalue weighted by atomic mass is 79.9. The van der Waals surface area contributed by atoms with Gasteiger partial charge in [-0.05, 0) is 59.3 Å². The van der Waals surface area contributed by atoms with E-state index in [1.165, 1.54) is 6.07 Å². The van der Waals surface area contributed by atoms with Gasteiger partial charge in [-0.3, -0.25) is 0 Å². The van der Waals surface area contributed by atoms with E-state index in [1.807, 2.05) is 0 Å². The van der Waals surface area contributed by atoms with Crippen LogP contribution in [0.25, 0.3) is 0 Å². The van der Waals surface area contributed by atoms with Crippen molar-refractivity contribution in [3.05, 3.63) is 45.8 Å². The summed E-state index contributed by atoms with van der Waals surface area (Å²) in [6, 6.07) is 4.50. The largest absolute Gasteiger partial charge is 0.388 e. The number of halogens is 2. The molecule has 10 heteroatoms. The molecule has 2 N–H and O–H groups in total. The lowest BCUT2D eigenvalue weighted by molar-refractivity contribution is 0.253. The Morgan fingerprint density at radius 1 is 1.50 bits per heavy atom. The SMILES string of the molecule is CS(=O)(=O)N[C@H]1CC[C@](Cc2ccc(F)c(Br)c2)(c2nc(CO)no2)C1. The Labute approximate surface area is 159 Å². The quantitative estimate of drug-likeness (QED) is 0.701. The van der Waals surface area contributed by atoms with Crippen molar-refractivity contribution in [3.8, 4) is 0 Å². The lowest BCUT2D eigenvalue weighted by Gasteiger charge is -2.25. The minimum Gasteiger partial charge on any atom is -0.388 e. The Morgan fingerprint density at radius 2 is 2.27 bits per heavy atom. The van der Waals surface area contributed by atoms with Crippen LogP contribution >= 0.6 is 15.9 Å². The Balaban J connectivity index is 1.93. The third-order valence-corrected chi connectivity index (χ3v) is 5.95. The molecule has 1 saturated carbocycles. The predicted octanol–water partition coefficient (Wildman–Crippen LogP) is 2.05. The summed E-state index contributed by atoms with van der Waals surface area (Å²) in [5.41, 5.74) is 0.280. The van der Waals surface area contributed by atoms with Gasteiger partial charge in [0.2, 0.25) is 15.9 Å². The molecule has 142 valence electrons. The molecule has 7 nitrogen and oxygen atoms in total. The van der Waals surface area contributed by atoms with Gasteiger partial charge in [0.1, 0.15) is 12.4 Å². The summed E-state index contributed by atoms with van der Waals surface area (Å²) in [7, 11) is -3.34. The van der Waals surface area contributed by atoms with E-state index in [0.29, 0.717) is 36.0 Å². The molecule has 1 fully saturated rings. The van der Waals surface area contributed by atoms with Crippen LogP contribution in [0.4, 0.5) is 4.39 Å². The van der Waals surface area contributed by atoms with E-state index in [0.717, 1.165) is 11.8 Å². The zero-order valence-corrected chi connectivity index (χ0v) is 16.5. The van der Waals surface area contributed by atoms with Crippen LogP contribution in [0, 0.1) is 5.82 Å². The zero-order chi connectivity index (χ0) is 18.9. The second kappa shape index (κ2) is 7.34. The molecule has 1 heterocycles. The van der Waals surface area contributed by atoms with Gasteiger partial charge >= 0.3 is 0 Å². The summed E-state index contributed by atoms with van der Waals surface area (Å²) in [4.78, 5) is 4.26. The standard InChI is InChI=1S/C16H19BrFN3O4S/c1-26(23,24)21-11-4-5-16(8-11,15-19-14(9-22)20-25-15)7-10-2-3-13(18)12(17)6-10/h2-3,6,11,21-22H,4-5,7-9H2,1H3/t11-,16+/m0/s1. The van der Waals surface area contributed by atoms with Gasteiger partial charge in [0.15, 0.2) is 5.82 Å². The van der Waals surface area contributed by atoms with Gasteiger partial charge in [-0.25, -0.2) is 17.5 Å². The van der Waals surface area contributed by atoms with E-state index in [9.17, 15) is 17.9 Å². The van der Waals surface area contributed by atoms with Crippen LogP contribution in [0.3, 0.4) is 0 Å². The van der Waals surface area contributed by atoms with Gasteiger partial charge in [-0.2, -0.15) is 4.98 Å². The maximum Gasteiger partial charge on any atom is 0.233 e. The molecular formula is C16H19BrFN3O4S. The first-order valence-corrected chi connectivity index (χ1v) is 10.7. The Morgan fingerprint density at radius 3 is 2.88 bits per heavy atom. The molecule has 1 aromatic heterocycles. The van der Waals surface area contributed by atoms with Crippen molar-refractivity contribution >= 4 is 26.0 Å². The van der Waals surface area contributed by atoms with E-state index in [1.54, 1.807) is 12.1 Å². The number of hydrogen-bond acceptors (Lipinski definition) is 6. The average Bonchev–Trinajstić information content (AvgIpc) is 3.17. The molecule has 2 atom stereocenters. The second-order valence-corrected chi connectivity index (χ2v) is 9.34. The monoisotopic (exact) mass is 447 g/mol. The van der Waals surface area contributed by atoms with Gasteiger partial charge in [0.05, 0.1) is 16.1 Å². The summed E-state index contributed by atoms with van der Waals surface area (Å²) in [5.74, 6) is 0.185. The minimum absolute atomic E-state index is 0.180. The van der Waals surface area contributed by atoms with Crippen molar-refractivity contribution in [2.45, 2.75) is 43.7 Å². The molecule has 1 aliphatic rings. The van der Waals surface area contributed by atoms with E-state index in [2.05, 4.69) is 30.8 Å². The normalized spacial score (nSPS) is 23.5. The highest BCUT2D eigenvalue weighted by Crippen LogP contribution is 2.43. The average molecular weight is 448 g/mol. The van der Waals surface area contributed by atoms with Gasteiger partial charge < -0.3 is 9.63 Å². The smallest absolute Gasteiger partial charge is 0.233 e. The van der Waals surface area contributed by atoms with Crippen molar-refractivity contribution in [2.24, 2.45) is 0 Å². The van der Waals surface area contributed by atoms with Crippen molar-refractivity contribution in [2.75, 3.05) is 6.26 Å². The number of rotatable bonds is 6. The molecule has 3 rings (SSSR count). The van der Waals surface area contributed by atoms with E-state index >= 15 is 0 Å². The fourth-order valence-electron chi connectivity index (χ4n) is 3.53. The number of nitrogens with one attached hydrogen (secondary N) is 1. The summed E-state index contributed by atoms with van der Waals surface area (Å²) < 4.78 is 45.1. The predicted molar refractivity (Wildman–Crippen MR) is 95.3 cm³/mol. The topological polar surface area (TPSA) is 105 Å². The van der Waals surface area contributed by atoms with Crippen molar-refractivity contribution in [1.82, 2.24) is 14.9 Å². The van der Waals surface area contributed by atoms with Crippen LogP contribution in [0.1, 0.15) is 36.5 Å². The van der Waals surface area contributed by atoms with Gasteiger partial charge in [0, 0.05) is 6.04 Å². The number of nitrogens with zero attached hydrogens (tertiary/aromatic N) is 2. The zero-order valence-electron chi connectivity index (χ0n) is 14.1. The number of aromatic nitrogens is 2. The van der Waals surface area contributed by atoms with E-state index in [-0.39, 0.29) is 24.3 Å². The summed E-state index contributed by atoms with van der Waals surface area (Å²) in [6.45, 7) is -0.341. The number of hydrogen-bond donors (Lipinski definition) is 2. The summed E-state index contributed by atoms with van der Waals surface area (Å²) in [5, 5.41) is 13.0. The molecule has 2 aromatic rings. The summed E-state index contributed by atoms with van der Waals surface area (Å²) >= 11 is 3.19. The third-order valence-electron chi connectivity index (χ3n) is 4.58. The van der Waals surface area contributed by atoms with Gasteiger partial charge in [-0.1, -0.05) is 11.2 Å². The number of sulfonamides is 1. The fraction of sp³-hybridized carbons (Fsp3) is 0.500. The van der Waals surface area contributed by atoms with Crippen LogP contribution in [-0.4, -0.2) is 36.0 Å². The molecule has 26 heavy (non-hydrogen) atoms. The summed E-state index contributed by atoms with van der Waals surface area (Å²) in [6.07, 6.45) is 3.33. The van der Waals surface area contributed by atoms with Gasteiger partial charge in [-0.15, -0.1) is 0 Å². The molecule has 0 unspecified atom stereocenters. The van der Waals surface area contributed by atoms with Crippen LogP contribution < -0.4 is 4.72 Å². The van der Waals surface area contributed by atoms with Crippen molar-refractivity contribution in [1.29, 1.82) is 0 Å². The number of aliphatic hydroxyl groups excluding tert-OH is 1. The Bertz CT molecular complexity index is 905. The van der Waals surface area contributed by atoms with E-state index < -0.39 is 15.4 Å². The van der Waals surface area contributed by atoms with Crippen LogP contribution in [0.15, 0.2) is 27.2 Å². The molecule has 0 radical (unpaired) electrons. The molecule has 1 aromatic carbocycles. The fourth-order valence-corrected chi connectivity index (χ4v) is 4.77. The maximum absolute atomic E-state index is 13.5. The van der Waals surface area contributed by atoms with Crippen LogP contribution in [0.5, 0.6) is 0 Å². The van der Waals surface area contributed by atoms with Crippen molar-refractivity contribution < 1.29 is 22.4 Å². The Kier molecular flexibility index (Phi) is 5.48. The van der Waals surface area contributed by atoms with Crippen LogP contribution in [0.2, 0.25) is 0 Å². The third kappa shape index (κ3) is 4.30. The van der Waals surface area contributed by atoms with E-state index in [4.69, 9.17) is 4.52 Å². The first-order valence-electron chi connectivity index (χ1n) is 8.06. The highest BCUT2D eigenvalue weighted by Gasteiger charge is 2.45. The first kappa shape index (κ1) is 19.4. The molecule has 0 spiro atoms. The molecule has 0 bridgehead atoms. The molecule has 1 aliphatic carbocycles. The molecule has 0 saturated heterocycles. The van der Waals surface area contributed by atoms with Gasteiger partial charge in [0.25, 0.3) is 0 Å². The Hall–Kier alpha value is -1.36. The lowest BCUT2D eigenvalue weighted by atomic mass is 9.79. The molecular weight excluding hydrogens is 429 g/mol. The van der Waals surface area contributed by atoms with Crippen molar-refractivity contribution in [3.63, 3.8) is 0 Å². The molecule has 0 aliphatic heterocycles. The first-order chi connectivity index (χ1) is 12.2. The maximum atomic E-state index is 13.5. The highest BCUT2D eigenvalue weighted by molar-refractivity contribution is 9.10.